The fourth-order valence-corrected chi connectivity index (χ4v) is 2.63. The van der Waals surface area contributed by atoms with Crippen LogP contribution in [0.15, 0.2) is 4.42 Å². The number of aromatic nitrogens is 1. The highest BCUT2D eigenvalue weighted by atomic mass is 19.4. The molecule has 0 atom stereocenters. The minimum atomic E-state index is -5.08. The number of hydrogen-bond acceptors (Lipinski definition) is 5. The molecule has 2 aliphatic carbocycles. The van der Waals surface area contributed by atoms with Crippen molar-refractivity contribution in [3.8, 4) is 0 Å². The first-order valence-electron chi connectivity index (χ1n) is 8.51. The van der Waals surface area contributed by atoms with E-state index >= 15 is 0 Å². The van der Waals surface area contributed by atoms with E-state index in [0.717, 1.165) is 43.6 Å². The van der Waals surface area contributed by atoms with E-state index in [4.69, 9.17) is 14.3 Å². The number of amides is 1. The first kappa shape index (κ1) is 18.7. The van der Waals surface area contributed by atoms with Crippen molar-refractivity contribution in [1.82, 2.24) is 15.2 Å². The summed E-state index contributed by atoms with van der Waals surface area (Å²) in [5, 5.41) is 10.0. The quantitative estimate of drug-likeness (QED) is 0.819. The monoisotopic (exact) mass is 375 g/mol. The van der Waals surface area contributed by atoms with E-state index in [1.807, 2.05) is 0 Å². The fourth-order valence-electron chi connectivity index (χ4n) is 2.63. The van der Waals surface area contributed by atoms with Gasteiger partial charge in [0.25, 0.3) is 5.89 Å². The van der Waals surface area contributed by atoms with Crippen LogP contribution in [0.4, 0.5) is 13.2 Å². The van der Waals surface area contributed by atoms with Crippen LogP contribution in [0.5, 0.6) is 0 Å². The number of nitrogens with zero attached hydrogens (tertiary/aromatic N) is 2. The zero-order valence-electron chi connectivity index (χ0n) is 14.0. The molecule has 1 aromatic rings. The third kappa shape index (κ3) is 5.20. The van der Waals surface area contributed by atoms with Crippen LogP contribution in [-0.4, -0.2) is 46.1 Å². The number of oxazole rings is 1. The van der Waals surface area contributed by atoms with E-state index in [9.17, 15) is 18.0 Å². The van der Waals surface area contributed by atoms with Crippen LogP contribution in [0.2, 0.25) is 0 Å². The van der Waals surface area contributed by atoms with Gasteiger partial charge in [0.1, 0.15) is 5.76 Å². The maximum absolute atomic E-state index is 11.9. The van der Waals surface area contributed by atoms with Gasteiger partial charge in [-0.1, -0.05) is 0 Å². The number of carbonyl (C=O) groups excluding carboxylic acids is 1. The average Bonchev–Trinajstić information content (AvgIpc) is 3.44. The lowest BCUT2D eigenvalue weighted by Gasteiger charge is -2.12. The minimum absolute atomic E-state index is 0.157. The molecular weight excluding hydrogens is 355 g/mol. The molecule has 3 aliphatic rings. The van der Waals surface area contributed by atoms with Gasteiger partial charge in [0.15, 0.2) is 0 Å². The summed E-state index contributed by atoms with van der Waals surface area (Å²) in [5.41, 5.74) is 0.956. The van der Waals surface area contributed by atoms with Crippen molar-refractivity contribution in [1.29, 1.82) is 0 Å². The molecule has 1 aromatic heterocycles. The number of halogens is 3. The molecule has 0 saturated heterocycles. The molecular formula is C16H20F3N3O4. The predicted octanol–water partition coefficient (Wildman–Crippen LogP) is 2.17. The van der Waals surface area contributed by atoms with Crippen LogP contribution >= 0.6 is 0 Å². The molecule has 7 nitrogen and oxygen atoms in total. The van der Waals surface area contributed by atoms with Crippen molar-refractivity contribution < 1.29 is 32.3 Å². The van der Waals surface area contributed by atoms with Gasteiger partial charge in [-0.25, -0.2) is 9.78 Å². The molecule has 0 spiro atoms. The van der Waals surface area contributed by atoms with Crippen LogP contribution in [0.3, 0.4) is 0 Å². The Morgan fingerprint density at radius 3 is 2.31 bits per heavy atom. The third-order valence-electron chi connectivity index (χ3n) is 4.42. The highest BCUT2D eigenvalue weighted by Gasteiger charge is 2.38. The van der Waals surface area contributed by atoms with Crippen LogP contribution in [0, 0.1) is 11.8 Å². The summed E-state index contributed by atoms with van der Waals surface area (Å²) in [6.07, 6.45) is 0.108. The normalized spacial score (nSPS) is 19.5. The average molecular weight is 375 g/mol. The van der Waals surface area contributed by atoms with Crippen molar-refractivity contribution in [2.24, 2.45) is 11.8 Å². The van der Waals surface area contributed by atoms with E-state index in [2.05, 4.69) is 15.2 Å². The zero-order chi connectivity index (χ0) is 18.9. The molecule has 0 bridgehead atoms. The number of nitrogens with one attached hydrogen (secondary N) is 1. The van der Waals surface area contributed by atoms with Gasteiger partial charge < -0.3 is 14.8 Å². The molecule has 1 aliphatic heterocycles. The zero-order valence-corrected chi connectivity index (χ0v) is 14.0. The van der Waals surface area contributed by atoms with Gasteiger partial charge in [-0.15, -0.1) is 0 Å². The summed E-state index contributed by atoms with van der Waals surface area (Å²) in [7, 11) is 0. The van der Waals surface area contributed by atoms with Crippen LogP contribution < -0.4 is 5.32 Å². The van der Waals surface area contributed by atoms with Crippen molar-refractivity contribution in [3.63, 3.8) is 0 Å². The molecule has 0 aromatic carbocycles. The number of carboxylic acids is 1. The third-order valence-corrected chi connectivity index (χ3v) is 4.42. The first-order valence-corrected chi connectivity index (χ1v) is 8.51. The highest BCUT2D eigenvalue weighted by Crippen LogP contribution is 2.33. The van der Waals surface area contributed by atoms with Gasteiger partial charge in [-0.05, 0) is 37.5 Å². The Morgan fingerprint density at radius 2 is 1.81 bits per heavy atom. The summed E-state index contributed by atoms with van der Waals surface area (Å²) >= 11 is 0. The Morgan fingerprint density at radius 1 is 1.19 bits per heavy atom. The lowest BCUT2D eigenvalue weighted by Crippen LogP contribution is -2.26. The Bertz CT molecular complexity index is 657. The van der Waals surface area contributed by atoms with Gasteiger partial charge in [0, 0.05) is 19.6 Å². The van der Waals surface area contributed by atoms with E-state index in [-0.39, 0.29) is 11.8 Å². The van der Waals surface area contributed by atoms with E-state index < -0.39 is 12.1 Å². The number of hydrogen-bond donors (Lipinski definition) is 2. The number of fused-ring (bicyclic) bond motifs is 1. The summed E-state index contributed by atoms with van der Waals surface area (Å²) in [6.45, 7) is 3.56. The molecule has 0 unspecified atom stereocenters. The molecule has 2 fully saturated rings. The molecule has 4 rings (SSSR count). The number of alkyl halides is 3. The second-order valence-corrected chi connectivity index (χ2v) is 6.96. The number of carboxylic acid groups (broad SMARTS) is 1. The van der Waals surface area contributed by atoms with Gasteiger partial charge in [0.05, 0.1) is 12.2 Å². The molecule has 2 heterocycles. The lowest BCUT2D eigenvalue weighted by molar-refractivity contribution is -0.192. The molecule has 10 heteroatoms. The fraction of sp³-hybridized carbons (Fsp3) is 0.688. The maximum Gasteiger partial charge on any atom is 0.490 e. The van der Waals surface area contributed by atoms with Crippen molar-refractivity contribution in [2.75, 3.05) is 13.1 Å². The number of rotatable bonds is 5. The molecule has 26 heavy (non-hydrogen) atoms. The van der Waals surface area contributed by atoms with Crippen molar-refractivity contribution >= 4 is 11.9 Å². The van der Waals surface area contributed by atoms with Gasteiger partial charge in [-0.3, -0.25) is 9.69 Å². The molecule has 0 radical (unpaired) electrons. The molecule has 1 amide bonds. The summed E-state index contributed by atoms with van der Waals surface area (Å²) in [6, 6.07) is 0. The highest BCUT2D eigenvalue weighted by molar-refractivity contribution is 5.89. The SMILES string of the molecule is O=C(NCC1CC1)c1nc2c(o1)CN(CC1CC1)C2.O=C(O)C(F)(F)F. The lowest BCUT2D eigenvalue weighted by atomic mass is 10.4. The first-order chi connectivity index (χ1) is 12.2. The van der Waals surface area contributed by atoms with E-state index in [0.29, 0.717) is 5.92 Å². The summed E-state index contributed by atoms with van der Waals surface area (Å²) in [4.78, 5) is 27.5. The predicted molar refractivity (Wildman–Crippen MR) is 82.1 cm³/mol. The second-order valence-electron chi connectivity index (χ2n) is 6.96. The number of carbonyl (C=O) groups is 2. The summed E-state index contributed by atoms with van der Waals surface area (Å²) in [5.74, 6) is -0.221. The topological polar surface area (TPSA) is 95.7 Å². The number of aliphatic carboxylic acids is 1. The minimum Gasteiger partial charge on any atom is -0.475 e. The van der Waals surface area contributed by atoms with Gasteiger partial charge >= 0.3 is 18.1 Å². The Balaban J connectivity index is 0.000000242. The van der Waals surface area contributed by atoms with E-state index in [1.54, 1.807) is 0 Å². The maximum atomic E-state index is 11.9. The smallest absolute Gasteiger partial charge is 0.475 e. The molecule has 2 N–H and O–H groups in total. The standard InChI is InChI=1S/C14H19N3O2.C2HF3O2/c18-13(15-5-9-1-2-9)14-16-11-7-17(6-10-3-4-10)8-12(11)19-14;3-2(4,5)1(6)7/h9-10H,1-8H2,(H,15,18);(H,6,7). The Labute approximate surface area is 147 Å². The van der Waals surface area contributed by atoms with Crippen molar-refractivity contribution in [2.45, 2.75) is 44.9 Å². The summed E-state index contributed by atoms with van der Waals surface area (Å²) < 4.78 is 37.3. The van der Waals surface area contributed by atoms with Gasteiger partial charge in [-0.2, -0.15) is 13.2 Å². The second kappa shape index (κ2) is 7.26. The van der Waals surface area contributed by atoms with Gasteiger partial charge in [0.2, 0.25) is 0 Å². The van der Waals surface area contributed by atoms with Crippen LogP contribution in [0.1, 0.15) is 47.8 Å². The molecule has 144 valence electrons. The Hall–Kier alpha value is -2.10. The Kier molecular flexibility index (Phi) is 5.22. The largest absolute Gasteiger partial charge is 0.490 e. The molecule has 2 saturated carbocycles. The van der Waals surface area contributed by atoms with E-state index in [1.165, 1.54) is 25.7 Å². The van der Waals surface area contributed by atoms with Crippen LogP contribution in [-0.2, 0) is 17.9 Å². The van der Waals surface area contributed by atoms with Crippen molar-refractivity contribution in [3.05, 3.63) is 17.3 Å². The van der Waals surface area contributed by atoms with Crippen LogP contribution in [0.25, 0.3) is 0 Å².